The van der Waals surface area contributed by atoms with Crippen molar-refractivity contribution in [3.05, 3.63) is 65.7 Å². The lowest BCUT2D eigenvalue weighted by atomic mass is 10.1. The number of benzene rings is 2. The standard InChI is InChI=1S/C18H22S2/c1-2-8-17-11-6-13-18(15-17)20-19-14-7-12-16-9-4-3-5-10-16/h3-6,9-11,13,15H,2,7-8,12,14H2,1H3. The van der Waals surface area contributed by atoms with E-state index in [0.717, 1.165) is 0 Å². The van der Waals surface area contributed by atoms with Crippen LogP contribution in [-0.2, 0) is 12.8 Å². The summed E-state index contributed by atoms with van der Waals surface area (Å²) in [7, 11) is 3.88. The van der Waals surface area contributed by atoms with Gasteiger partial charge in [-0.15, -0.1) is 0 Å². The van der Waals surface area contributed by atoms with Crippen molar-refractivity contribution in [1.29, 1.82) is 0 Å². The summed E-state index contributed by atoms with van der Waals surface area (Å²) in [5.74, 6) is 1.21. The molecule has 0 spiro atoms. The van der Waals surface area contributed by atoms with E-state index in [-0.39, 0.29) is 0 Å². The van der Waals surface area contributed by atoms with E-state index in [0.29, 0.717) is 0 Å². The predicted octanol–water partition coefficient (Wildman–Crippen LogP) is 6.01. The summed E-state index contributed by atoms with van der Waals surface area (Å²) < 4.78 is 0. The van der Waals surface area contributed by atoms with E-state index in [1.54, 1.807) is 0 Å². The molecule has 20 heavy (non-hydrogen) atoms. The second kappa shape index (κ2) is 9.15. The molecule has 0 N–H and O–H groups in total. The van der Waals surface area contributed by atoms with Crippen molar-refractivity contribution in [3.8, 4) is 0 Å². The Balaban J connectivity index is 1.67. The van der Waals surface area contributed by atoms with Gasteiger partial charge in [-0.3, -0.25) is 0 Å². The topological polar surface area (TPSA) is 0 Å². The summed E-state index contributed by atoms with van der Waals surface area (Å²) in [6, 6.07) is 19.7. The van der Waals surface area contributed by atoms with Crippen LogP contribution in [0.25, 0.3) is 0 Å². The van der Waals surface area contributed by atoms with Crippen molar-refractivity contribution in [3.63, 3.8) is 0 Å². The first-order valence-corrected chi connectivity index (χ1v) is 9.62. The Hall–Kier alpha value is -0.860. The first-order chi connectivity index (χ1) is 9.88. The number of aryl methyl sites for hydroxylation is 2. The fourth-order valence-electron chi connectivity index (χ4n) is 2.13. The van der Waals surface area contributed by atoms with E-state index in [1.807, 2.05) is 21.6 Å². The van der Waals surface area contributed by atoms with E-state index in [1.165, 1.54) is 47.5 Å². The van der Waals surface area contributed by atoms with Crippen LogP contribution in [0.15, 0.2) is 59.5 Å². The lowest BCUT2D eigenvalue weighted by Crippen LogP contribution is -1.86. The van der Waals surface area contributed by atoms with Gasteiger partial charge in [-0.1, -0.05) is 77.4 Å². The lowest BCUT2D eigenvalue weighted by Gasteiger charge is -2.04. The normalized spacial score (nSPS) is 10.7. The third kappa shape index (κ3) is 5.64. The minimum absolute atomic E-state index is 1.18. The molecule has 2 heteroatoms. The highest BCUT2D eigenvalue weighted by Crippen LogP contribution is 2.32. The zero-order valence-corrected chi connectivity index (χ0v) is 13.7. The van der Waals surface area contributed by atoms with E-state index in [4.69, 9.17) is 0 Å². The van der Waals surface area contributed by atoms with Gasteiger partial charge in [0.05, 0.1) is 0 Å². The van der Waals surface area contributed by atoms with Gasteiger partial charge >= 0.3 is 0 Å². The van der Waals surface area contributed by atoms with Gasteiger partial charge in [0.15, 0.2) is 0 Å². The van der Waals surface area contributed by atoms with Gasteiger partial charge in [-0.2, -0.15) is 0 Å². The summed E-state index contributed by atoms with van der Waals surface area (Å²) >= 11 is 0. The zero-order valence-electron chi connectivity index (χ0n) is 12.0. The molecule has 0 unspecified atom stereocenters. The Bertz CT molecular complexity index is 494. The maximum Gasteiger partial charge on any atom is 0.0185 e. The van der Waals surface area contributed by atoms with Gasteiger partial charge in [0.2, 0.25) is 0 Å². The van der Waals surface area contributed by atoms with Gasteiger partial charge in [0.25, 0.3) is 0 Å². The molecule has 0 fully saturated rings. The Kier molecular flexibility index (Phi) is 7.10. The third-order valence-electron chi connectivity index (χ3n) is 3.13. The number of hydrogen-bond donors (Lipinski definition) is 0. The van der Waals surface area contributed by atoms with Gasteiger partial charge in [-0.25, -0.2) is 0 Å². The van der Waals surface area contributed by atoms with Crippen LogP contribution in [0, 0.1) is 0 Å². The Morgan fingerprint density at radius 3 is 2.45 bits per heavy atom. The molecule has 0 nitrogen and oxygen atoms in total. The predicted molar refractivity (Wildman–Crippen MR) is 93.5 cm³/mol. The maximum absolute atomic E-state index is 2.33. The molecule has 2 rings (SSSR count). The van der Waals surface area contributed by atoms with Gasteiger partial charge in [-0.05, 0) is 42.5 Å². The lowest BCUT2D eigenvalue weighted by molar-refractivity contribution is 0.918. The van der Waals surface area contributed by atoms with Gasteiger partial charge in [0.1, 0.15) is 0 Å². The quantitative estimate of drug-likeness (QED) is 0.432. The molecule has 0 aliphatic heterocycles. The molecule has 0 aromatic heterocycles. The first kappa shape index (κ1) is 15.5. The Labute approximate surface area is 130 Å². The van der Waals surface area contributed by atoms with E-state index in [2.05, 4.69) is 61.5 Å². The fourth-order valence-corrected chi connectivity index (χ4v) is 4.27. The SMILES string of the molecule is CCCc1cccc(SSCCCc2ccccc2)c1. The maximum atomic E-state index is 2.33. The first-order valence-electron chi connectivity index (χ1n) is 7.31. The van der Waals surface area contributed by atoms with Crippen molar-refractivity contribution in [1.82, 2.24) is 0 Å². The summed E-state index contributed by atoms with van der Waals surface area (Å²) in [5, 5.41) is 0. The van der Waals surface area contributed by atoms with Crippen LogP contribution in [0.4, 0.5) is 0 Å². The summed E-state index contributed by atoms with van der Waals surface area (Å²) in [6.07, 6.45) is 4.84. The highest BCUT2D eigenvalue weighted by Gasteiger charge is 1.98. The minimum Gasteiger partial charge on any atom is -0.0889 e. The van der Waals surface area contributed by atoms with Crippen LogP contribution in [0.2, 0.25) is 0 Å². The minimum atomic E-state index is 1.18. The van der Waals surface area contributed by atoms with Gasteiger partial charge < -0.3 is 0 Å². The van der Waals surface area contributed by atoms with Crippen LogP contribution in [0.5, 0.6) is 0 Å². The van der Waals surface area contributed by atoms with Crippen molar-refractivity contribution >= 4 is 21.6 Å². The van der Waals surface area contributed by atoms with Crippen LogP contribution in [-0.4, -0.2) is 5.75 Å². The molecule has 106 valence electrons. The highest BCUT2D eigenvalue weighted by atomic mass is 33.1. The molecule has 0 heterocycles. The van der Waals surface area contributed by atoms with Crippen LogP contribution >= 0.6 is 21.6 Å². The average Bonchev–Trinajstić information content (AvgIpc) is 2.49. The average molecular weight is 303 g/mol. The summed E-state index contributed by atoms with van der Waals surface area (Å²) in [6.45, 7) is 2.23. The van der Waals surface area contributed by atoms with Crippen LogP contribution in [0.3, 0.4) is 0 Å². The largest absolute Gasteiger partial charge is 0.0889 e. The van der Waals surface area contributed by atoms with Crippen molar-refractivity contribution in [2.24, 2.45) is 0 Å². The van der Waals surface area contributed by atoms with Crippen LogP contribution in [0.1, 0.15) is 30.9 Å². The molecule has 0 bridgehead atoms. The zero-order chi connectivity index (χ0) is 14.0. The van der Waals surface area contributed by atoms with Gasteiger partial charge in [0, 0.05) is 10.6 Å². The molecule has 0 amide bonds. The second-order valence-electron chi connectivity index (χ2n) is 4.89. The summed E-state index contributed by atoms with van der Waals surface area (Å²) in [4.78, 5) is 1.39. The monoisotopic (exact) mass is 302 g/mol. The summed E-state index contributed by atoms with van der Waals surface area (Å²) in [5.41, 5.74) is 2.91. The molecule has 0 aliphatic rings. The molecule has 2 aromatic rings. The molecule has 2 aromatic carbocycles. The number of hydrogen-bond acceptors (Lipinski definition) is 2. The van der Waals surface area contributed by atoms with Crippen LogP contribution < -0.4 is 0 Å². The smallest absolute Gasteiger partial charge is 0.0185 e. The molecular formula is C18H22S2. The third-order valence-corrected chi connectivity index (χ3v) is 5.58. The van der Waals surface area contributed by atoms with Crippen molar-refractivity contribution < 1.29 is 0 Å². The fraction of sp³-hybridized carbons (Fsp3) is 0.333. The molecule has 0 saturated carbocycles. The molecule has 0 radical (unpaired) electrons. The molecule has 0 atom stereocenters. The van der Waals surface area contributed by atoms with Crippen molar-refractivity contribution in [2.45, 2.75) is 37.5 Å². The second-order valence-corrected chi connectivity index (χ2v) is 7.38. The van der Waals surface area contributed by atoms with E-state index >= 15 is 0 Å². The molecule has 0 saturated heterocycles. The highest BCUT2D eigenvalue weighted by molar-refractivity contribution is 8.76. The van der Waals surface area contributed by atoms with Crippen molar-refractivity contribution in [2.75, 3.05) is 5.75 Å². The number of rotatable bonds is 8. The molecular weight excluding hydrogens is 280 g/mol. The Morgan fingerprint density at radius 1 is 0.850 bits per heavy atom. The van der Waals surface area contributed by atoms with E-state index in [9.17, 15) is 0 Å². The Morgan fingerprint density at radius 2 is 1.65 bits per heavy atom. The molecule has 0 aliphatic carbocycles. The van der Waals surface area contributed by atoms with E-state index < -0.39 is 0 Å².